The summed E-state index contributed by atoms with van der Waals surface area (Å²) >= 11 is 0. The maximum Gasteiger partial charge on any atom is 0.162 e. The number of rotatable bonds is 2. The molecule has 0 saturated carbocycles. The van der Waals surface area contributed by atoms with Gasteiger partial charge in [-0.05, 0) is 23.6 Å². The van der Waals surface area contributed by atoms with Crippen molar-refractivity contribution in [2.45, 2.75) is 0 Å². The second-order valence-corrected chi connectivity index (χ2v) is 5.09. The molecule has 0 unspecified atom stereocenters. The molecule has 1 fully saturated rings. The minimum absolute atomic E-state index is 0.588. The average molecular weight is 287 g/mol. The quantitative estimate of drug-likeness (QED) is 0.906. The van der Waals surface area contributed by atoms with Crippen LogP contribution in [0.4, 0.5) is 5.82 Å². The molecule has 6 heteroatoms. The summed E-state index contributed by atoms with van der Waals surface area (Å²) < 4.78 is 16.7. The van der Waals surface area contributed by atoms with Crippen LogP contribution in [0.1, 0.15) is 0 Å². The van der Waals surface area contributed by atoms with E-state index < -0.39 is 0 Å². The molecule has 3 heterocycles. The molecule has 2 aliphatic rings. The fraction of sp³-hybridized carbons (Fsp3) is 0.400. The third-order valence-corrected chi connectivity index (χ3v) is 3.70. The molecule has 0 atom stereocenters. The van der Waals surface area contributed by atoms with E-state index in [0.717, 1.165) is 54.4 Å². The molecular formula is C15H17N3O3. The van der Waals surface area contributed by atoms with Gasteiger partial charge in [-0.3, -0.25) is 0 Å². The molecule has 4 rings (SSSR count). The fourth-order valence-corrected chi connectivity index (χ4v) is 2.62. The summed E-state index contributed by atoms with van der Waals surface area (Å²) in [6.45, 7) is 4.37. The van der Waals surface area contributed by atoms with Gasteiger partial charge in [0.15, 0.2) is 11.5 Å². The first-order chi connectivity index (χ1) is 10.4. The number of nitrogens with one attached hydrogen (secondary N) is 1. The molecule has 0 radical (unpaired) electrons. The number of pyridine rings is 1. The lowest BCUT2D eigenvalue weighted by molar-refractivity contribution is 0.0495. The zero-order chi connectivity index (χ0) is 14.1. The van der Waals surface area contributed by atoms with E-state index in [1.54, 1.807) is 6.20 Å². The van der Waals surface area contributed by atoms with Crippen LogP contribution in [-0.4, -0.2) is 49.5 Å². The van der Waals surface area contributed by atoms with Gasteiger partial charge in [-0.1, -0.05) is 0 Å². The van der Waals surface area contributed by atoms with E-state index >= 15 is 0 Å². The topological polar surface area (TPSA) is 55.9 Å². The number of morpholine rings is 1. The van der Waals surface area contributed by atoms with Gasteiger partial charge < -0.3 is 19.6 Å². The molecular weight excluding hydrogens is 270 g/mol. The number of benzene rings is 1. The molecule has 2 aromatic rings. The molecule has 0 bridgehead atoms. The lowest BCUT2D eigenvalue weighted by Crippen LogP contribution is -2.40. The van der Waals surface area contributed by atoms with Crippen LogP contribution in [-0.2, 0) is 4.74 Å². The average Bonchev–Trinajstić information content (AvgIpc) is 2.54. The molecule has 0 amide bonds. The Labute approximate surface area is 122 Å². The van der Waals surface area contributed by atoms with Gasteiger partial charge in [0, 0.05) is 24.7 Å². The Balaban J connectivity index is 1.71. The van der Waals surface area contributed by atoms with Crippen molar-refractivity contribution in [1.29, 1.82) is 0 Å². The van der Waals surface area contributed by atoms with Gasteiger partial charge in [0.05, 0.1) is 13.2 Å². The summed E-state index contributed by atoms with van der Waals surface area (Å²) in [7, 11) is 0. The lowest BCUT2D eigenvalue weighted by atomic mass is 10.1. The zero-order valence-corrected chi connectivity index (χ0v) is 11.7. The van der Waals surface area contributed by atoms with Gasteiger partial charge in [0.25, 0.3) is 0 Å². The van der Waals surface area contributed by atoms with Crippen molar-refractivity contribution in [3.8, 4) is 11.5 Å². The first-order valence-electron chi connectivity index (χ1n) is 7.18. The van der Waals surface area contributed by atoms with Crippen LogP contribution in [0.3, 0.4) is 0 Å². The third kappa shape index (κ3) is 2.48. The molecule has 21 heavy (non-hydrogen) atoms. The summed E-state index contributed by atoms with van der Waals surface area (Å²) in [6.07, 6.45) is 1.81. The molecule has 1 aromatic carbocycles. The minimum atomic E-state index is 0.588. The van der Waals surface area contributed by atoms with E-state index in [9.17, 15) is 0 Å². The van der Waals surface area contributed by atoms with E-state index in [2.05, 4.69) is 15.4 Å². The van der Waals surface area contributed by atoms with Crippen LogP contribution in [0.15, 0.2) is 24.4 Å². The van der Waals surface area contributed by atoms with Crippen molar-refractivity contribution in [3.05, 3.63) is 24.4 Å². The van der Waals surface area contributed by atoms with Crippen LogP contribution in [0.25, 0.3) is 10.8 Å². The minimum Gasteiger partial charge on any atom is -0.486 e. The highest BCUT2D eigenvalue weighted by Gasteiger charge is 2.16. The van der Waals surface area contributed by atoms with E-state index in [4.69, 9.17) is 14.2 Å². The number of fused-ring (bicyclic) bond motifs is 2. The largest absolute Gasteiger partial charge is 0.486 e. The normalized spacial score (nSPS) is 18.7. The molecule has 110 valence electrons. The van der Waals surface area contributed by atoms with Crippen molar-refractivity contribution < 1.29 is 14.2 Å². The molecule has 1 saturated heterocycles. The summed E-state index contributed by atoms with van der Waals surface area (Å²) in [5.41, 5.74) is 3.38. The number of nitrogens with zero attached hydrogens (tertiary/aromatic N) is 2. The Bertz CT molecular complexity index is 656. The lowest BCUT2D eigenvalue weighted by Gasteiger charge is -2.28. The summed E-state index contributed by atoms with van der Waals surface area (Å²) in [4.78, 5) is 4.46. The highest BCUT2D eigenvalue weighted by molar-refractivity contribution is 5.94. The predicted octanol–water partition coefficient (Wildman–Crippen LogP) is 1.67. The summed E-state index contributed by atoms with van der Waals surface area (Å²) in [6, 6.07) is 5.99. The Morgan fingerprint density at radius 1 is 1.00 bits per heavy atom. The van der Waals surface area contributed by atoms with Gasteiger partial charge in [-0.2, -0.15) is 0 Å². The Morgan fingerprint density at radius 2 is 1.76 bits per heavy atom. The molecule has 1 aromatic heterocycles. The smallest absolute Gasteiger partial charge is 0.162 e. The number of hydrogen-bond acceptors (Lipinski definition) is 6. The number of ether oxygens (including phenoxy) is 3. The van der Waals surface area contributed by atoms with Crippen LogP contribution >= 0.6 is 0 Å². The van der Waals surface area contributed by atoms with Crippen LogP contribution < -0.4 is 14.9 Å². The predicted molar refractivity (Wildman–Crippen MR) is 78.7 cm³/mol. The second kappa shape index (κ2) is 5.38. The zero-order valence-electron chi connectivity index (χ0n) is 11.7. The van der Waals surface area contributed by atoms with Gasteiger partial charge >= 0.3 is 0 Å². The standard InChI is InChI=1S/C15H17N3O3/c1-2-16-15(17-18-3-5-19-6-4-18)12-10-14-13(9-11(1)12)20-7-8-21-14/h1-2,9-10H,3-8H2,(H,16,17). The van der Waals surface area contributed by atoms with Crippen molar-refractivity contribution >= 4 is 16.6 Å². The van der Waals surface area contributed by atoms with Gasteiger partial charge in [0.2, 0.25) is 0 Å². The summed E-state index contributed by atoms with van der Waals surface area (Å²) in [5.74, 6) is 2.43. The maximum absolute atomic E-state index is 5.66. The van der Waals surface area contributed by atoms with Crippen LogP contribution in [0.2, 0.25) is 0 Å². The van der Waals surface area contributed by atoms with Gasteiger partial charge in [0.1, 0.15) is 19.0 Å². The van der Waals surface area contributed by atoms with Gasteiger partial charge in [-0.25, -0.2) is 9.99 Å². The number of hydrazine groups is 1. The Kier molecular flexibility index (Phi) is 3.25. The summed E-state index contributed by atoms with van der Waals surface area (Å²) in [5, 5.41) is 4.25. The Morgan fingerprint density at radius 3 is 2.57 bits per heavy atom. The van der Waals surface area contributed by atoms with Crippen molar-refractivity contribution in [1.82, 2.24) is 9.99 Å². The van der Waals surface area contributed by atoms with Crippen molar-refractivity contribution in [3.63, 3.8) is 0 Å². The van der Waals surface area contributed by atoms with Crippen LogP contribution in [0, 0.1) is 0 Å². The van der Waals surface area contributed by atoms with Gasteiger partial charge in [-0.15, -0.1) is 0 Å². The maximum atomic E-state index is 5.66. The Hall–Kier alpha value is -2.05. The number of aromatic nitrogens is 1. The van der Waals surface area contributed by atoms with Crippen LogP contribution in [0.5, 0.6) is 11.5 Å². The SMILES string of the molecule is c1cc2cc3c(cc2c(NN2CCOCC2)n1)OCCO3. The van der Waals surface area contributed by atoms with E-state index in [0.29, 0.717) is 13.2 Å². The van der Waals surface area contributed by atoms with Crippen molar-refractivity contribution in [2.24, 2.45) is 0 Å². The highest BCUT2D eigenvalue weighted by Crippen LogP contribution is 2.36. The monoisotopic (exact) mass is 287 g/mol. The molecule has 0 spiro atoms. The second-order valence-electron chi connectivity index (χ2n) is 5.09. The molecule has 0 aliphatic carbocycles. The number of anilines is 1. The highest BCUT2D eigenvalue weighted by atomic mass is 16.6. The molecule has 6 nitrogen and oxygen atoms in total. The van der Waals surface area contributed by atoms with E-state index in [-0.39, 0.29) is 0 Å². The van der Waals surface area contributed by atoms with E-state index in [1.807, 2.05) is 18.2 Å². The van der Waals surface area contributed by atoms with E-state index in [1.165, 1.54) is 0 Å². The van der Waals surface area contributed by atoms with Crippen molar-refractivity contribution in [2.75, 3.05) is 44.9 Å². The molecule has 1 N–H and O–H groups in total. The first kappa shape index (κ1) is 12.7. The first-order valence-corrected chi connectivity index (χ1v) is 7.18. The fourth-order valence-electron chi connectivity index (χ4n) is 2.62. The third-order valence-electron chi connectivity index (χ3n) is 3.70. The number of hydrogen-bond donors (Lipinski definition) is 1. The molecule has 2 aliphatic heterocycles.